The third-order valence-corrected chi connectivity index (χ3v) is 3.72. The number of aromatic nitrogens is 2. The molecule has 1 aromatic rings. The number of rotatable bonds is 1. The molecule has 7 heteroatoms. The molecule has 0 saturated carbocycles. The van der Waals surface area contributed by atoms with Crippen LogP contribution in [0.2, 0.25) is 5.15 Å². The van der Waals surface area contributed by atoms with Gasteiger partial charge in [0, 0.05) is 19.6 Å². The summed E-state index contributed by atoms with van der Waals surface area (Å²) < 4.78 is 0. The van der Waals surface area contributed by atoms with Gasteiger partial charge in [0.2, 0.25) is 0 Å². The fraction of sp³-hybridized carbons (Fsp3) is 0.615. The van der Waals surface area contributed by atoms with Gasteiger partial charge in [-0.05, 0) is 5.41 Å². The molecule has 0 spiro atoms. The number of piperazine rings is 1. The van der Waals surface area contributed by atoms with Crippen molar-refractivity contribution in [2.24, 2.45) is 5.41 Å². The Balaban J connectivity index is 2.23. The Morgan fingerprint density at radius 2 is 2.10 bits per heavy atom. The molecule has 0 aromatic carbocycles. The third-order valence-electron chi connectivity index (χ3n) is 3.54. The number of hydrogen-bond acceptors (Lipinski definition) is 4. The second kappa shape index (κ2) is 5.44. The zero-order valence-corrected chi connectivity index (χ0v) is 12.6. The summed E-state index contributed by atoms with van der Waals surface area (Å²) in [6, 6.07) is -0.102. The van der Waals surface area contributed by atoms with Crippen molar-refractivity contribution < 1.29 is 9.90 Å². The van der Waals surface area contributed by atoms with E-state index in [-0.39, 0.29) is 11.5 Å². The van der Waals surface area contributed by atoms with Gasteiger partial charge in [-0.2, -0.15) is 0 Å². The van der Waals surface area contributed by atoms with Gasteiger partial charge in [0.1, 0.15) is 11.0 Å². The van der Waals surface area contributed by atoms with Crippen molar-refractivity contribution in [2.45, 2.75) is 26.8 Å². The van der Waals surface area contributed by atoms with Gasteiger partial charge in [-0.3, -0.25) is 4.98 Å². The summed E-state index contributed by atoms with van der Waals surface area (Å²) in [5, 5.41) is 9.67. The maximum atomic E-state index is 11.4. The number of anilines is 1. The van der Waals surface area contributed by atoms with Crippen LogP contribution in [0.1, 0.15) is 20.8 Å². The van der Waals surface area contributed by atoms with Crippen molar-refractivity contribution in [1.29, 1.82) is 0 Å². The Morgan fingerprint density at radius 1 is 1.40 bits per heavy atom. The number of carbonyl (C=O) groups is 1. The molecule has 1 aliphatic heterocycles. The minimum absolute atomic E-state index is 0.102. The van der Waals surface area contributed by atoms with Crippen LogP contribution in [0.25, 0.3) is 0 Å². The summed E-state index contributed by atoms with van der Waals surface area (Å²) in [4.78, 5) is 23.2. The second-order valence-electron chi connectivity index (χ2n) is 6.00. The Bertz CT molecular complexity index is 503. The molecule has 1 atom stereocenters. The maximum Gasteiger partial charge on any atom is 0.407 e. The first-order chi connectivity index (χ1) is 9.29. The van der Waals surface area contributed by atoms with Crippen molar-refractivity contribution in [2.75, 3.05) is 24.5 Å². The SMILES string of the molecule is CC(C)(C)C1CN(c2cncc(Cl)n2)CCN1C(=O)O. The van der Waals surface area contributed by atoms with E-state index in [1.54, 1.807) is 6.20 Å². The number of halogens is 1. The molecular weight excluding hydrogens is 280 g/mol. The minimum atomic E-state index is -0.873. The van der Waals surface area contributed by atoms with Gasteiger partial charge in [0.05, 0.1) is 18.4 Å². The van der Waals surface area contributed by atoms with E-state index in [1.807, 2.05) is 25.7 Å². The molecule has 0 bridgehead atoms. The van der Waals surface area contributed by atoms with E-state index in [0.29, 0.717) is 30.6 Å². The van der Waals surface area contributed by atoms with E-state index < -0.39 is 6.09 Å². The van der Waals surface area contributed by atoms with Crippen LogP contribution in [-0.2, 0) is 0 Å². The number of nitrogens with zero attached hydrogens (tertiary/aromatic N) is 4. The fourth-order valence-corrected chi connectivity index (χ4v) is 2.59. The second-order valence-corrected chi connectivity index (χ2v) is 6.39. The highest BCUT2D eigenvalue weighted by Gasteiger charge is 2.38. The topological polar surface area (TPSA) is 69.6 Å². The summed E-state index contributed by atoms with van der Waals surface area (Å²) in [5.74, 6) is 0.691. The molecule has 1 unspecified atom stereocenters. The van der Waals surface area contributed by atoms with Gasteiger partial charge in [-0.25, -0.2) is 9.78 Å². The van der Waals surface area contributed by atoms with E-state index in [0.717, 1.165) is 0 Å². The lowest BCUT2D eigenvalue weighted by atomic mass is 9.84. The Labute approximate surface area is 123 Å². The van der Waals surface area contributed by atoms with E-state index in [4.69, 9.17) is 11.6 Å². The zero-order chi connectivity index (χ0) is 14.9. The molecule has 1 fully saturated rings. The molecule has 1 aliphatic rings. The van der Waals surface area contributed by atoms with Crippen molar-refractivity contribution >= 4 is 23.5 Å². The van der Waals surface area contributed by atoms with Crippen LogP contribution in [0.5, 0.6) is 0 Å². The van der Waals surface area contributed by atoms with Crippen molar-refractivity contribution in [3.8, 4) is 0 Å². The van der Waals surface area contributed by atoms with E-state index in [1.165, 1.54) is 11.1 Å². The van der Waals surface area contributed by atoms with Crippen LogP contribution >= 0.6 is 11.6 Å². The zero-order valence-electron chi connectivity index (χ0n) is 11.9. The summed E-state index contributed by atoms with van der Waals surface area (Å²) in [6.45, 7) is 7.76. The summed E-state index contributed by atoms with van der Waals surface area (Å²) >= 11 is 5.86. The normalized spacial score (nSPS) is 20.1. The lowest BCUT2D eigenvalue weighted by Gasteiger charge is -2.46. The van der Waals surface area contributed by atoms with Gasteiger partial charge in [-0.15, -0.1) is 0 Å². The Kier molecular flexibility index (Phi) is 4.04. The van der Waals surface area contributed by atoms with Crippen LogP contribution in [0.4, 0.5) is 10.6 Å². The van der Waals surface area contributed by atoms with Gasteiger partial charge >= 0.3 is 6.09 Å². The van der Waals surface area contributed by atoms with Crippen LogP contribution in [0.3, 0.4) is 0 Å². The smallest absolute Gasteiger partial charge is 0.407 e. The molecule has 0 aliphatic carbocycles. The molecule has 1 amide bonds. The van der Waals surface area contributed by atoms with E-state index in [2.05, 4.69) is 9.97 Å². The van der Waals surface area contributed by atoms with E-state index >= 15 is 0 Å². The van der Waals surface area contributed by atoms with Crippen LogP contribution < -0.4 is 4.90 Å². The monoisotopic (exact) mass is 298 g/mol. The Morgan fingerprint density at radius 3 is 2.65 bits per heavy atom. The molecule has 1 aromatic heterocycles. The van der Waals surface area contributed by atoms with Crippen LogP contribution in [0.15, 0.2) is 12.4 Å². The Hall–Kier alpha value is -1.56. The molecule has 110 valence electrons. The molecule has 2 heterocycles. The van der Waals surface area contributed by atoms with Crippen LogP contribution in [-0.4, -0.2) is 51.7 Å². The van der Waals surface area contributed by atoms with Gasteiger partial charge in [0.15, 0.2) is 0 Å². The number of amides is 1. The first kappa shape index (κ1) is 14.8. The first-order valence-electron chi connectivity index (χ1n) is 6.51. The van der Waals surface area contributed by atoms with E-state index in [9.17, 15) is 9.90 Å². The van der Waals surface area contributed by atoms with Gasteiger partial charge in [0.25, 0.3) is 0 Å². The fourth-order valence-electron chi connectivity index (χ4n) is 2.45. The van der Waals surface area contributed by atoms with Crippen LogP contribution in [0, 0.1) is 5.41 Å². The van der Waals surface area contributed by atoms with Gasteiger partial charge in [-0.1, -0.05) is 32.4 Å². The molecule has 0 radical (unpaired) electrons. The molecule has 6 nitrogen and oxygen atoms in total. The molecule has 1 saturated heterocycles. The molecule has 20 heavy (non-hydrogen) atoms. The lowest BCUT2D eigenvalue weighted by molar-refractivity contribution is 0.0747. The minimum Gasteiger partial charge on any atom is -0.465 e. The standard InChI is InChI=1S/C13H19ClN4O2/c1-13(2,3)9-8-17(4-5-18(9)12(19)20)11-7-15-6-10(14)16-11/h6-7,9H,4-5,8H2,1-3H3,(H,19,20). The molecule has 2 rings (SSSR count). The largest absolute Gasteiger partial charge is 0.465 e. The van der Waals surface area contributed by atoms with Gasteiger partial charge < -0.3 is 14.9 Å². The lowest BCUT2D eigenvalue weighted by Crippen LogP contribution is -2.59. The predicted octanol–water partition coefficient (Wildman–Crippen LogP) is 2.34. The van der Waals surface area contributed by atoms with Crippen molar-refractivity contribution in [3.63, 3.8) is 0 Å². The highest BCUT2D eigenvalue weighted by atomic mass is 35.5. The first-order valence-corrected chi connectivity index (χ1v) is 6.89. The summed E-state index contributed by atoms with van der Waals surface area (Å²) in [5.41, 5.74) is -0.150. The maximum absolute atomic E-state index is 11.4. The number of hydrogen-bond donors (Lipinski definition) is 1. The average Bonchev–Trinajstić information content (AvgIpc) is 2.37. The third kappa shape index (κ3) is 3.12. The highest BCUT2D eigenvalue weighted by Crippen LogP contribution is 2.29. The summed E-state index contributed by atoms with van der Waals surface area (Å²) in [6.07, 6.45) is 2.27. The quantitative estimate of drug-likeness (QED) is 0.862. The van der Waals surface area contributed by atoms with Crippen molar-refractivity contribution in [1.82, 2.24) is 14.9 Å². The number of carboxylic acid groups (broad SMARTS) is 1. The van der Waals surface area contributed by atoms with Crippen molar-refractivity contribution in [3.05, 3.63) is 17.5 Å². The molecular formula is C13H19ClN4O2. The highest BCUT2D eigenvalue weighted by molar-refractivity contribution is 6.29. The average molecular weight is 299 g/mol. The molecule has 1 N–H and O–H groups in total. The predicted molar refractivity (Wildman–Crippen MR) is 77.2 cm³/mol. The summed E-state index contributed by atoms with van der Waals surface area (Å²) in [7, 11) is 0.